The maximum atomic E-state index is 14.2. The number of hydrogen-bond acceptors (Lipinski definition) is 4. The van der Waals surface area contributed by atoms with Crippen molar-refractivity contribution in [1.29, 1.82) is 0 Å². The van der Waals surface area contributed by atoms with Crippen LogP contribution in [0.3, 0.4) is 0 Å². The lowest BCUT2D eigenvalue weighted by molar-refractivity contribution is -0.138. The number of carbonyl (C=O) groups is 1. The second-order valence-corrected chi connectivity index (χ2v) is 11.4. The molecule has 0 spiro atoms. The van der Waals surface area contributed by atoms with Crippen LogP contribution in [-0.4, -0.2) is 26.2 Å². The highest BCUT2D eigenvalue weighted by atomic mass is 19.4. The molecule has 38 heavy (non-hydrogen) atoms. The van der Waals surface area contributed by atoms with Gasteiger partial charge in [0, 0.05) is 36.3 Å². The first-order valence-electron chi connectivity index (χ1n) is 13.4. The smallest absolute Gasteiger partial charge is 0.320 e. The summed E-state index contributed by atoms with van der Waals surface area (Å²) in [6.45, 7) is 2.29. The topological polar surface area (TPSA) is 63.1 Å². The first-order chi connectivity index (χ1) is 18.1. The van der Waals surface area contributed by atoms with Gasteiger partial charge in [-0.05, 0) is 85.9 Å². The number of fused-ring (bicyclic) bond motifs is 1. The van der Waals surface area contributed by atoms with Crippen LogP contribution in [0.15, 0.2) is 42.7 Å². The van der Waals surface area contributed by atoms with Crippen LogP contribution in [0, 0.1) is 5.92 Å². The fourth-order valence-corrected chi connectivity index (χ4v) is 6.10. The Morgan fingerprint density at radius 3 is 2.55 bits per heavy atom. The Morgan fingerprint density at radius 2 is 1.95 bits per heavy atom. The number of nitrogens with zero attached hydrogens (tertiary/aromatic N) is 4. The second-order valence-electron chi connectivity index (χ2n) is 11.4. The minimum Gasteiger partial charge on any atom is -0.320 e. The van der Waals surface area contributed by atoms with Crippen LogP contribution >= 0.6 is 0 Å². The zero-order valence-corrected chi connectivity index (χ0v) is 21.7. The zero-order valence-electron chi connectivity index (χ0n) is 21.7. The quantitative estimate of drug-likeness (QED) is 0.415. The van der Waals surface area contributed by atoms with Crippen molar-refractivity contribution in [2.75, 3.05) is 4.90 Å². The van der Waals surface area contributed by atoms with E-state index in [1.54, 1.807) is 18.5 Å². The molecule has 1 aromatic heterocycles. The van der Waals surface area contributed by atoms with Crippen molar-refractivity contribution in [3.05, 3.63) is 76.4 Å². The normalized spacial score (nSPS) is 19.7. The Labute approximate surface area is 220 Å². The van der Waals surface area contributed by atoms with E-state index in [2.05, 4.69) is 22.4 Å². The number of alkyl halides is 3. The predicted octanol–water partition coefficient (Wildman–Crippen LogP) is 5.96. The van der Waals surface area contributed by atoms with E-state index >= 15 is 0 Å². The number of halogens is 3. The van der Waals surface area contributed by atoms with Gasteiger partial charge >= 0.3 is 6.18 Å². The molecule has 0 saturated heterocycles. The summed E-state index contributed by atoms with van der Waals surface area (Å²) < 4.78 is 44.4. The van der Waals surface area contributed by atoms with Gasteiger partial charge in [0.05, 0.1) is 12.1 Å². The minimum atomic E-state index is -4.54. The molecule has 2 fully saturated rings. The summed E-state index contributed by atoms with van der Waals surface area (Å²) in [5.41, 5.74) is 1.52. The zero-order chi connectivity index (χ0) is 26.7. The Bertz CT molecular complexity index is 1370. The molecule has 1 atom stereocenters. The van der Waals surface area contributed by atoms with Crippen LogP contribution < -0.4 is 10.2 Å². The van der Waals surface area contributed by atoms with E-state index in [0.29, 0.717) is 23.7 Å². The van der Waals surface area contributed by atoms with E-state index in [4.69, 9.17) is 0 Å². The van der Waals surface area contributed by atoms with Gasteiger partial charge in [-0.3, -0.25) is 4.79 Å². The molecule has 0 unspecified atom stereocenters. The molecule has 2 saturated carbocycles. The van der Waals surface area contributed by atoms with Gasteiger partial charge in [0.1, 0.15) is 12.2 Å². The number of rotatable bonds is 7. The van der Waals surface area contributed by atoms with Crippen LogP contribution in [0.25, 0.3) is 0 Å². The number of hydrogen-bond donors (Lipinski definition) is 1. The van der Waals surface area contributed by atoms with Crippen molar-refractivity contribution in [1.82, 2.24) is 20.1 Å². The Hall–Kier alpha value is -3.20. The van der Waals surface area contributed by atoms with Crippen LogP contribution in [0.5, 0.6) is 0 Å². The lowest BCUT2D eigenvalue weighted by Gasteiger charge is -2.39. The summed E-state index contributed by atoms with van der Waals surface area (Å²) in [5.74, 6) is 0.911. The van der Waals surface area contributed by atoms with Crippen molar-refractivity contribution in [3.8, 4) is 0 Å². The molecule has 3 aliphatic rings. The van der Waals surface area contributed by atoms with Crippen molar-refractivity contribution in [3.63, 3.8) is 0 Å². The lowest BCUT2D eigenvalue weighted by atomic mass is 9.72. The molecule has 1 aliphatic heterocycles. The molecule has 1 N–H and O–H groups in total. The van der Waals surface area contributed by atoms with Crippen LogP contribution in [0.1, 0.15) is 89.8 Å². The summed E-state index contributed by atoms with van der Waals surface area (Å²) >= 11 is 0. The molecule has 1 amide bonds. The Kier molecular flexibility index (Phi) is 6.09. The summed E-state index contributed by atoms with van der Waals surface area (Å²) in [7, 11) is 1.92. The van der Waals surface area contributed by atoms with Crippen molar-refractivity contribution in [2.24, 2.45) is 13.0 Å². The standard InChI is InChI=1S/C29H32F3N5O/c1-28(10-5-11-28)33-15-18-12-22-23(24(13-18)29(30,31)32)16-37(27(22)38)21-9-4-8-20(14-21)25(19-6-3-7-19)26-35-34-17-36(26)2/h4,8-9,12-14,17,19,25,33H,3,5-7,10-11,15-16H2,1-2H3/t25-/m0/s1. The summed E-state index contributed by atoms with van der Waals surface area (Å²) in [5, 5.41) is 11.8. The van der Waals surface area contributed by atoms with Crippen molar-refractivity contribution in [2.45, 2.75) is 76.2 Å². The molecule has 6 rings (SSSR count). The van der Waals surface area contributed by atoms with Gasteiger partial charge in [0.15, 0.2) is 0 Å². The van der Waals surface area contributed by atoms with E-state index in [0.717, 1.165) is 49.9 Å². The van der Waals surface area contributed by atoms with Gasteiger partial charge in [-0.1, -0.05) is 18.6 Å². The van der Waals surface area contributed by atoms with Gasteiger partial charge in [-0.2, -0.15) is 13.2 Å². The van der Waals surface area contributed by atoms with Gasteiger partial charge < -0.3 is 14.8 Å². The van der Waals surface area contributed by atoms with Crippen LogP contribution in [0.2, 0.25) is 0 Å². The maximum Gasteiger partial charge on any atom is 0.416 e. The number of aryl methyl sites for hydroxylation is 1. The molecule has 6 nitrogen and oxygen atoms in total. The van der Waals surface area contributed by atoms with E-state index in [1.807, 2.05) is 29.8 Å². The molecule has 0 radical (unpaired) electrons. The maximum absolute atomic E-state index is 14.2. The fourth-order valence-electron chi connectivity index (χ4n) is 6.10. The van der Waals surface area contributed by atoms with Crippen molar-refractivity contribution < 1.29 is 18.0 Å². The Balaban J connectivity index is 1.33. The second kappa shape index (κ2) is 9.22. The van der Waals surface area contributed by atoms with E-state index in [9.17, 15) is 18.0 Å². The summed E-state index contributed by atoms with van der Waals surface area (Å²) in [6.07, 6.45) is 3.59. The minimum absolute atomic E-state index is 0.0209. The fraction of sp³-hybridized carbons (Fsp3) is 0.483. The van der Waals surface area contributed by atoms with Crippen LogP contribution in [0.4, 0.5) is 18.9 Å². The Morgan fingerprint density at radius 1 is 1.16 bits per heavy atom. The molecule has 9 heteroatoms. The van der Waals surface area contributed by atoms with Gasteiger partial charge in [0.2, 0.25) is 0 Å². The largest absolute Gasteiger partial charge is 0.416 e. The first kappa shape index (κ1) is 25.1. The number of aromatic nitrogens is 3. The third-order valence-electron chi connectivity index (χ3n) is 8.77. The van der Waals surface area contributed by atoms with Gasteiger partial charge in [0.25, 0.3) is 5.91 Å². The molecular weight excluding hydrogens is 491 g/mol. The molecule has 200 valence electrons. The monoisotopic (exact) mass is 523 g/mol. The lowest BCUT2D eigenvalue weighted by Crippen LogP contribution is -2.47. The van der Waals surface area contributed by atoms with E-state index < -0.39 is 17.6 Å². The molecule has 0 bridgehead atoms. The van der Waals surface area contributed by atoms with Gasteiger partial charge in [-0.15, -0.1) is 10.2 Å². The molecule has 3 aromatic rings. The number of amides is 1. The molecule has 2 aliphatic carbocycles. The molecule has 2 aromatic carbocycles. The third-order valence-corrected chi connectivity index (χ3v) is 8.77. The number of carbonyl (C=O) groups excluding carboxylic acids is 1. The van der Waals surface area contributed by atoms with E-state index in [-0.39, 0.29) is 29.1 Å². The average molecular weight is 524 g/mol. The highest BCUT2D eigenvalue weighted by Gasteiger charge is 2.41. The molecule has 2 heterocycles. The number of nitrogens with one attached hydrogen (secondary N) is 1. The average Bonchev–Trinajstić information content (AvgIpc) is 3.40. The number of anilines is 1. The predicted molar refractivity (Wildman–Crippen MR) is 138 cm³/mol. The van der Waals surface area contributed by atoms with Crippen molar-refractivity contribution >= 4 is 11.6 Å². The highest BCUT2D eigenvalue weighted by molar-refractivity contribution is 6.10. The third kappa shape index (κ3) is 4.40. The highest BCUT2D eigenvalue weighted by Crippen LogP contribution is 2.44. The molecular formula is C29H32F3N5O. The van der Waals surface area contributed by atoms with E-state index in [1.165, 1.54) is 11.0 Å². The first-order valence-corrected chi connectivity index (χ1v) is 13.4. The summed E-state index contributed by atoms with van der Waals surface area (Å²) in [4.78, 5) is 15.0. The SMILES string of the molecule is Cn1cnnc1[C@H](c1cccc(N2Cc3c(cc(CNC4(C)CCC4)cc3C(F)(F)F)C2=O)c1)C1CCC1. The van der Waals surface area contributed by atoms with Gasteiger partial charge in [-0.25, -0.2) is 0 Å². The van der Waals surface area contributed by atoms with Crippen LogP contribution in [-0.2, 0) is 26.3 Å². The summed E-state index contributed by atoms with van der Waals surface area (Å²) in [6, 6.07) is 10.5. The number of benzene rings is 2.